The van der Waals surface area contributed by atoms with Crippen LogP contribution in [-0.2, 0) is 6.42 Å². The molecule has 0 aliphatic heterocycles. The van der Waals surface area contributed by atoms with Crippen molar-refractivity contribution in [2.24, 2.45) is 5.73 Å². The van der Waals surface area contributed by atoms with Crippen molar-refractivity contribution in [1.29, 1.82) is 0 Å². The number of fused-ring (bicyclic) bond motifs is 5. The van der Waals surface area contributed by atoms with Gasteiger partial charge in [-0.1, -0.05) is 53.7 Å². The van der Waals surface area contributed by atoms with Crippen molar-refractivity contribution in [3.63, 3.8) is 0 Å². The fourth-order valence-electron chi connectivity index (χ4n) is 3.40. The average Bonchev–Trinajstić information content (AvgIpc) is 2.98. The van der Waals surface area contributed by atoms with Crippen LogP contribution in [0.4, 0.5) is 0 Å². The maximum Gasteiger partial charge on any atom is 0.121 e. The van der Waals surface area contributed by atoms with Crippen LogP contribution < -0.4 is 5.73 Å². The molecule has 116 valence electrons. The normalized spacial score (nSPS) is 16.3. The predicted molar refractivity (Wildman–Crippen MR) is 91.9 cm³/mol. The monoisotopic (exact) mass is 304 g/mol. The zero-order valence-corrected chi connectivity index (χ0v) is 13.4. The third kappa shape index (κ3) is 2.18. The van der Waals surface area contributed by atoms with E-state index < -0.39 is 0 Å². The molecule has 1 aliphatic rings. The Morgan fingerprint density at radius 3 is 2.52 bits per heavy atom. The molecule has 0 amide bonds. The highest BCUT2D eigenvalue weighted by atomic mass is 15.4. The summed E-state index contributed by atoms with van der Waals surface area (Å²) in [7, 11) is 0. The fraction of sp³-hybridized carbons (Fsp3) is 0.263. The number of nitrogens with zero attached hydrogens (tertiary/aromatic N) is 3. The van der Waals surface area contributed by atoms with Crippen molar-refractivity contribution in [1.82, 2.24) is 15.0 Å². The quantitative estimate of drug-likeness (QED) is 0.745. The van der Waals surface area contributed by atoms with Gasteiger partial charge >= 0.3 is 0 Å². The van der Waals surface area contributed by atoms with Gasteiger partial charge in [0.05, 0.1) is 5.69 Å². The standard InChI is InChI=1S/C19H20N4/c1-12(2)23-19-16-10-6-5-9-15(16)17(20)11-13-7-3-4-8-14(13)18(19)21-22-23/h3-10,12,17H,11,20H2,1-2H3. The van der Waals surface area contributed by atoms with Crippen LogP contribution in [0.25, 0.3) is 22.5 Å². The topological polar surface area (TPSA) is 56.7 Å². The fourth-order valence-corrected chi connectivity index (χ4v) is 3.40. The van der Waals surface area contributed by atoms with Gasteiger partial charge in [-0.15, -0.1) is 5.10 Å². The van der Waals surface area contributed by atoms with Crippen molar-refractivity contribution in [2.75, 3.05) is 0 Å². The van der Waals surface area contributed by atoms with E-state index in [4.69, 9.17) is 5.73 Å². The average molecular weight is 304 g/mol. The van der Waals surface area contributed by atoms with E-state index in [1.807, 2.05) is 4.68 Å². The highest BCUT2D eigenvalue weighted by Gasteiger charge is 2.26. The second-order valence-corrected chi connectivity index (χ2v) is 6.38. The van der Waals surface area contributed by atoms with E-state index >= 15 is 0 Å². The summed E-state index contributed by atoms with van der Waals surface area (Å²) in [5.41, 5.74) is 13.2. The van der Waals surface area contributed by atoms with E-state index in [1.54, 1.807) is 0 Å². The van der Waals surface area contributed by atoms with Gasteiger partial charge in [-0.25, -0.2) is 4.68 Å². The third-order valence-electron chi connectivity index (χ3n) is 4.51. The first-order valence-corrected chi connectivity index (χ1v) is 8.05. The first-order chi connectivity index (χ1) is 11.2. The van der Waals surface area contributed by atoms with E-state index in [9.17, 15) is 0 Å². The zero-order valence-electron chi connectivity index (χ0n) is 13.4. The van der Waals surface area contributed by atoms with Gasteiger partial charge in [0, 0.05) is 23.2 Å². The molecule has 0 saturated heterocycles. The van der Waals surface area contributed by atoms with Crippen LogP contribution in [0.2, 0.25) is 0 Å². The SMILES string of the molecule is CC(C)n1nnc2c1-c1ccccc1C(N)Cc1ccccc1-2. The van der Waals surface area contributed by atoms with Crippen LogP contribution in [0.5, 0.6) is 0 Å². The molecule has 0 spiro atoms. The Kier molecular flexibility index (Phi) is 3.27. The molecule has 0 bridgehead atoms. The Morgan fingerprint density at radius 1 is 1.04 bits per heavy atom. The predicted octanol–water partition coefficient (Wildman–Crippen LogP) is 3.75. The molecule has 0 fully saturated rings. The molecular weight excluding hydrogens is 284 g/mol. The van der Waals surface area contributed by atoms with Gasteiger partial charge in [0.25, 0.3) is 0 Å². The molecular formula is C19H20N4. The number of aromatic nitrogens is 3. The van der Waals surface area contributed by atoms with E-state index in [0.717, 1.165) is 34.5 Å². The molecule has 4 heteroatoms. The molecule has 23 heavy (non-hydrogen) atoms. The Hall–Kier alpha value is -2.46. The summed E-state index contributed by atoms with van der Waals surface area (Å²) in [5.74, 6) is 0. The first kappa shape index (κ1) is 14.2. The second kappa shape index (κ2) is 5.32. The molecule has 1 aromatic heterocycles. The summed E-state index contributed by atoms with van der Waals surface area (Å²) in [4.78, 5) is 0. The number of hydrogen-bond donors (Lipinski definition) is 1. The van der Waals surface area contributed by atoms with E-state index in [1.165, 1.54) is 5.56 Å². The Labute approximate surface area is 135 Å². The van der Waals surface area contributed by atoms with Crippen LogP contribution in [0.1, 0.15) is 37.1 Å². The Morgan fingerprint density at radius 2 is 1.74 bits per heavy atom. The Balaban J connectivity index is 2.10. The summed E-state index contributed by atoms with van der Waals surface area (Å²) in [6.45, 7) is 4.25. The molecule has 4 nitrogen and oxygen atoms in total. The lowest BCUT2D eigenvalue weighted by Gasteiger charge is -2.23. The van der Waals surface area contributed by atoms with Crippen molar-refractivity contribution >= 4 is 0 Å². The minimum Gasteiger partial charge on any atom is -0.324 e. The Bertz CT molecular complexity index is 863. The van der Waals surface area contributed by atoms with Crippen LogP contribution in [-0.4, -0.2) is 15.0 Å². The smallest absolute Gasteiger partial charge is 0.121 e. The van der Waals surface area contributed by atoms with Crippen LogP contribution in [0, 0.1) is 0 Å². The molecule has 1 aliphatic carbocycles. The highest BCUT2D eigenvalue weighted by Crippen LogP contribution is 2.40. The van der Waals surface area contributed by atoms with Crippen molar-refractivity contribution in [2.45, 2.75) is 32.4 Å². The van der Waals surface area contributed by atoms with Gasteiger partial charge < -0.3 is 5.73 Å². The zero-order chi connectivity index (χ0) is 16.0. The molecule has 1 unspecified atom stereocenters. The van der Waals surface area contributed by atoms with Crippen molar-refractivity contribution in [3.05, 3.63) is 59.7 Å². The van der Waals surface area contributed by atoms with E-state index in [-0.39, 0.29) is 12.1 Å². The van der Waals surface area contributed by atoms with Gasteiger partial charge in [0.15, 0.2) is 0 Å². The van der Waals surface area contributed by atoms with Crippen molar-refractivity contribution in [3.8, 4) is 22.5 Å². The molecule has 3 aromatic rings. The van der Waals surface area contributed by atoms with Gasteiger partial charge in [-0.3, -0.25) is 0 Å². The molecule has 1 atom stereocenters. The maximum absolute atomic E-state index is 6.53. The van der Waals surface area contributed by atoms with Gasteiger partial charge in [-0.05, 0) is 31.4 Å². The van der Waals surface area contributed by atoms with Gasteiger partial charge in [-0.2, -0.15) is 0 Å². The lowest BCUT2D eigenvalue weighted by atomic mass is 9.86. The summed E-state index contributed by atoms with van der Waals surface area (Å²) < 4.78 is 2.00. The van der Waals surface area contributed by atoms with Crippen LogP contribution in [0.15, 0.2) is 48.5 Å². The lowest BCUT2D eigenvalue weighted by molar-refractivity contribution is 0.519. The maximum atomic E-state index is 6.53. The number of benzene rings is 2. The lowest BCUT2D eigenvalue weighted by Crippen LogP contribution is -2.17. The summed E-state index contributed by atoms with van der Waals surface area (Å²) in [6.07, 6.45) is 0.807. The van der Waals surface area contributed by atoms with Crippen LogP contribution >= 0.6 is 0 Å². The van der Waals surface area contributed by atoms with Gasteiger partial charge in [0.2, 0.25) is 0 Å². The van der Waals surface area contributed by atoms with Gasteiger partial charge in [0.1, 0.15) is 5.69 Å². The molecule has 2 N–H and O–H groups in total. The molecule has 4 rings (SSSR count). The largest absolute Gasteiger partial charge is 0.324 e. The minimum atomic E-state index is -0.0315. The van der Waals surface area contributed by atoms with Crippen molar-refractivity contribution < 1.29 is 0 Å². The molecule has 1 heterocycles. The minimum absolute atomic E-state index is 0.0315. The first-order valence-electron chi connectivity index (χ1n) is 8.05. The number of hydrogen-bond acceptors (Lipinski definition) is 3. The summed E-state index contributed by atoms with van der Waals surface area (Å²) in [6, 6.07) is 16.9. The third-order valence-corrected chi connectivity index (χ3v) is 4.51. The molecule has 0 radical (unpaired) electrons. The van der Waals surface area contributed by atoms with E-state index in [0.29, 0.717) is 0 Å². The molecule has 0 saturated carbocycles. The number of rotatable bonds is 1. The summed E-state index contributed by atoms with van der Waals surface area (Å²) in [5, 5.41) is 8.95. The highest BCUT2D eigenvalue weighted by molar-refractivity contribution is 5.82. The molecule has 2 aromatic carbocycles. The summed E-state index contributed by atoms with van der Waals surface area (Å²) >= 11 is 0. The van der Waals surface area contributed by atoms with E-state index in [2.05, 4.69) is 72.7 Å². The second-order valence-electron chi connectivity index (χ2n) is 6.38. The van der Waals surface area contributed by atoms with Crippen LogP contribution in [0.3, 0.4) is 0 Å². The number of nitrogens with two attached hydrogens (primary N) is 1.